The van der Waals surface area contributed by atoms with Gasteiger partial charge in [0.1, 0.15) is 12.5 Å². The Labute approximate surface area is 194 Å². The number of nitrogens with one attached hydrogen (secondary N) is 1. The molecule has 0 aromatic heterocycles. The molecule has 1 heterocycles. The number of halogens is 1. The third kappa shape index (κ3) is 5.31. The van der Waals surface area contributed by atoms with Gasteiger partial charge in [0.05, 0.1) is 29.5 Å². The number of esters is 2. The lowest BCUT2D eigenvalue weighted by molar-refractivity contribution is -0.150. The van der Waals surface area contributed by atoms with Gasteiger partial charge < -0.3 is 14.8 Å². The number of methoxy groups -OCH3 is 1. The molecule has 32 heavy (non-hydrogen) atoms. The Bertz CT molecular complexity index is 1100. The van der Waals surface area contributed by atoms with Crippen LogP contribution < -0.4 is 5.32 Å². The maximum atomic E-state index is 12.8. The first kappa shape index (κ1) is 23.4. The summed E-state index contributed by atoms with van der Waals surface area (Å²) in [6, 6.07) is 17.9. The molecule has 2 unspecified atom stereocenters. The zero-order valence-corrected chi connectivity index (χ0v) is 18.6. The topological polar surface area (TPSA) is 105 Å². The van der Waals surface area contributed by atoms with Gasteiger partial charge in [-0.15, -0.1) is 0 Å². The van der Waals surface area contributed by atoms with Crippen molar-refractivity contribution in [1.82, 2.24) is 5.32 Å². The maximum absolute atomic E-state index is 12.8. The predicted octanol–water partition coefficient (Wildman–Crippen LogP) is 3.55. The van der Waals surface area contributed by atoms with Crippen molar-refractivity contribution in [2.45, 2.75) is 12.5 Å². The van der Waals surface area contributed by atoms with Gasteiger partial charge in [-0.25, -0.2) is 0 Å². The largest absolute Gasteiger partial charge is 0.468 e. The minimum absolute atomic E-state index is 0.114. The molecule has 3 rings (SSSR count). The highest BCUT2D eigenvalue weighted by atomic mass is 35.5. The second-order valence-electron chi connectivity index (χ2n) is 6.78. The van der Waals surface area contributed by atoms with Crippen molar-refractivity contribution >= 4 is 41.2 Å². The quantitative estimate of drug-likeness (QED) is 0.487. The summed E-state index contributed by atoms with van der Waals surface area (Å²) < 4.78 is 10.0. The number of nitriles is 1. The van der Waals surface area contributed by atoms with Gasteiger partial charge in [0.25, 0.3) is 0 Å². The fourth-order valence-corrected chi connectivity index (χ4v) is 4.39. The van der Waals surface area contributed by atoms with Crippen LogP contribution in [-0.2, 0) is 30.5 Å². The number of carbonyl (C=O) groups excluding carboxylic acids is 3. The molecule has 1 aliphatic rings. The first-order valence-corrected chi connectivity index (χ1v) is 10.9. The van der Waals surface area contributed by atoms with Crippen molar-refractivity contribution < 1.29 is 23.9 Å². The molecule has 0 saturated carbocycles. The van der Waals surface area contributed by atoms with Crippen molar-refractivity contribution in [3.8, 4) is 6.07 Å². The smallest absolute Gasteiger partial charge is 0.319 e. The number of hydrogen-bond donors (Lipinski definition) is 1. The fraction of sp³-hybridized carbons (Fsp3) is 0.217. The van der Waals surface area contributed by atoms with Gasteiger partial charge in [0.15, 0.2) is 0 Å². The molecule has 1 N–H and O–H groups in total. The first-order chi connectivity index (χ1) is 15.5. The molecule has 9 heteroatoms. The van der Waals surface area contributed by atoms with E-state index in [9.17, 15) is 19.6 Å². The molecular formula is C23H19ClN2O5S. The zero-order chi connectivity index (χ0) is 23.1. The monoisotopic (exact) mass is 470 g/mol. The van der Waals surface area contributed by atoms with E-state index in [1.54, 1.807) is 24.3 Å². The number of nitrogens with zero attached hydrogens (tertiary/aromatic N) is 1. The fourth-order valence-electron chi connectivity index (χ4n) is 3.29. The third-order valence-corrected chi connectivity index (χ3v) is 6.14. The van der Waals surface area contributed by atoms with Crippen LogP contribution in [0.4, 0.5) is 0 Å². The number of carbonyl (C=O) groups is 3. The van der Waals surface area contributed by atoms with Gasteiger partial charge in [-0.1, -0.05) is 71.9 Å². The number of thioether (sulfide) groups is 1. The van der Waals surface area contributed by atoms with Crippen molar-refractivity contribution in [3.05, 3.63) is 81.3 Å². The van der Waals surface area contributed by atoms with Gasteiger partial charge in [0, 0.05) is 10.9 Å². The van der Waals surface area contributed by atoms with Crippen molar-refractivity contribution in [2.75, 3.05) is 12.9 Å². The van der Waals surface area contributed by atoms with Crippen LogP contribution in [0.15, 0.2) is 65.2 Å². The van der Waals surface area contributed by atoms with E-state index < -0.39 is 29.7 Å². The SMILES string of the molecule is COC(=O)C1C(=O)NC(SCC(=O)OCc2ccccc2)=C(C#N)C1c1ccccc1Cl. The highest BCUT2D eigenvalue weighted by molar-refractivity contribution is 8.03. The van der Waals surface area contributed by atoms with E-state index in [1.807, 2.05) is 30.3 Å². The highest BCUT2D eigenvalue weighted by Gasteiger charge is 2.45. The van der Waals surface area contributed by atoms with Crippen LogP contribution in [0.25, 0.3) is 0 Å². The molecule has 0 spiro atoms. The summed E-state index contributed by atoms with van der Waals surface area (Å²) in [5.74, 6) is -4.30. The van der Waals surface area contributed by atoms with Crippen LogP contribution in [0, 0.1) is 17.2 Å². The van der Waals surface area contributed by atoms with E-state index >= 15 is 0 Å². The van der Waals surface area contributed by atoms with Crippen LogP contribution in [0.3, 0.4) is 0 Å². The zero-order valence-electron chi connectivity index (χ0n) is 17.0. The summed E-state index contributed by atoms with van der Waals surface area (Å²) in [6.45, 7) is 0.114. The molecule has 2 aromatic rings. The Morgan fingerprint density at radius 2 is 1.84 bits per heavy atom. The molecule has 7 nitrogen and oxygen atoms in total. The van der Waals surface area contributed by atoms with Gasteiger partial charge in [-0.3, -0.25) is 14.4 Å². The van der Waals surface area contributed by atoms with Gasteiger partial charge in [-0.2, -0.15) is 5.26 Å². The van der Waals surface area contributed by atoms with E-state index in [0.717, 1.165) is 17.3 Å². The predicted molar refractivity (Wildman–Crippen MR) is 119 cm³/mol. The third-order valence-electron chi connectivity index (χ3n) is 4.80. The summed E-state index contributed by atoms with van der Waals surface area (Å²) >= 11 is 7.28. The number of rotatable bonds is 7. The number of ether oxygens (including phenoxy) is 2. The average molecular weight is 471 g/mol. The molecule has 2 atom stereocenters. The Morgan fingerprint density at radius 1 is 1.16 bits per heavy atom. The van der Waals surface area contributed by atoms with E-state index in [2.05, 4.69) is 11.4 Å². The minimum Gasteiger partial charge on any atom is -0.468 e. The summed E-state index contributed by atoms with van der Waals surface area (Å²) in [4.78, 5) is 37.4. The van der Waals surface area contributed by atoms with Crippen molar-refractivity contribution in [2.24, 2.45) is 5.92 Å². The number of hydrogen-bond acceptors (Lipinski definition) is 7. The molecule has 2 aromatic carbocycles. The lowest BCUT2D eigenvalue weighted by Crippen LogP contribution is -2.44. The summed E-state index contributed by atoms with van der Waals surface area (Å²) in [5, 5.41) is 12.9. The van der Waals surface area contributed by atoms with Crippen LogP contribution in [0.1, 0.15) is 17.0 Å². The summed E-state index contributed by atoms with van der Waals surface area (Å²) in [7, 11) is 1.17. The van der Waals surface area contributed by atoms with E-state index in [1.165, 1.54) is 7.11 Å². The molecule has 0 fully saturated rings. The average Bonchev–Trinajstić information content (AvgIpc) is 2.81. The van der Waals surface area contributed by atoms with Crippen LogP contribution in [0.2, 0.25) is 5.02 Å². The van der Waals surface area contributed by atoms with Crippen LogP contribution in [-0.4, -0.2) is 30.7 Å². The number of amides is 1. The van der Waals surface area contributed by atoms with Gasteiger partial charge in [0.2, 0.25) is 5.91 Å². The van der Waals surface area contributed by atoms with E-state index in [0.29, 0.717) is 10.6 Å². The molecule has 0 saturated heterocycles. The van der Waals surface area contributed by atoms with Crippen molar-refractivity contribution in [3.63, 3.8) is 0 Å². The molecule has 0 radical (unpaired) electrons. The molecule has 0 bridgehead atoms. The molecule has 1 amide bonds. The Hall–Kier alpha value is -3.28. The van der Waals surface area contributed by atoms with E-state index in [4.69, 9.17) is 21.1 Å². The number of benzene rings is 2. The van der Waals surface area contributed by atoms with Gasteiger partial charge in [-0.05, 0) is 17.2 Å². The first-order valence-electron chi connectivity index (χ1n) is 9.56. The second kappa shape index (κ2) is 10.8. The lowest BCUT2D eigenvalue weighted by atomic mass is 9.78. The van der Waals surface area contributed by atoms with Crippen molar-refractivity contribution in [1.29, 1.82) is 5.26 Å². The molecular weight excluding hydrogens is 452 g/mol. The standard InChI is InChI=1S/C23H19ClN2O5S/c1-30-23(29)20-19(15-9-5-6-10-17(15)24)16(11-25)22(26-21(20)28)32-13-18(27)31-12-14-7-3-2-4-8-14/h2-10,19-20H,12-13H2,1H3,(H,26,28). The molecule has 1 aliphatic heterocycles. The Morgan fingerprint density at radius 3 is 2.50 bits per heavy atom. The van der Waals surface area contributed by atoms with E-state index in [-0.39, 0.29) is 23.0 Å². The highest BCUT2D eigenvalue weighted by Crippen LogP contribution is 2.42. The second-order valence-corrected chi connectivity index (χ2v) is 8.17. The van der Waals surface area contributed by atoms with Gasteiger partial charge >= 0.3 is 11.9 Å². The Kier molecular flexibility index (Phi) is 7.92. The van der Waals surface area contributed by atoms with Crippen LogP contribution >= 0.6 is 23.4 Å². The normalized spacial score (nSPS) is 17.8. The summed E-state index contributed by atoms with van der Waals surface area (Å²) in [6.07, 6.45) is 0. The number of allylic oxidation sites excluding steroid dienone is 1. The molecule has 164 valence electrons. The lowest BCUT2D eigenvalue weighted by Gasteiger charge is -2.31. The minimum atomic E-state index is -1.29. The molecule has 0 aliphatic carbocycles. The Balaban J connectivity index is 1.84. The summed E-state index contributed by atoms with van der Waals surface area (Å²) in [5.41, 5.74) is 1.41. The maximum Gasteiger partial charge on any atom is 0.319 e. The van der Waals surface area contributed by atoms with Crippen LogP contribution in [0.5, 0.6) is 0 Å².